The van der Waals surface area contributed by atoms with E-state index in [9.17, 15) is 18.0 Å². The summed E-state index contributed by atoms with van der Waals surface area (Å²) in [5, 5.41) is 2.65. The molecule has 1 saturated heterocycles. The van der Waals surface area contributed by atoms with E-state index in [1.54, 1.807) is 11.8 Å². The average molecular weight is 478 g/mol. The van der Waals surface area contributed by atoms with Crippen molar-refractivity contribution in [3.8, 4) is 5.75 Å². The fourth-order valence-corrected chi connectivity index (χ4v) is 5.65. The highest BCUT2D eigenvalue weighted by molar-refractivity contribution is 7.89. The van der Waals surface area contributed by atoms with E-state index >= 15 is 0 Å². The van der Waals surface area contributed by atoms with Crippen molar-refractivity contribution in [1.29, 1.82) is 0 Å². The Bertz CT molecular complexity index is 1160. The van der Waals surface area contributed by atoms with E-state index in [1.165, 1.54) is 16.4 Å². The summed E-state index contributed by atoms with van der Waals surface area (Å²) in [5.74, 6) is -0.0987. The molecule has 2 aromatic carbocycles. The number of aryl methyl sites for hydroxylation is 1. The number of sulfonamides is 1. The molecule has 8 nitrogen and oxygen atoms in total. The number of nitrogens with one attached hydrogen (secondary N) is 1. The number of anilines is 1. The zero-order valence-corrected chi connectivity index (χ0v) is 19.4. The van der Waals surface area contributed by atoms with Crippen LogP contribution >= 0.6 is 11.6 Å². The van der Waals surface area contributed by atoms with E-state index in [0.29, 0.717) is 18.8 Å². The van der Waals surface area contributed by atoms with Crippen LogP contribution in [0.2, 0.25) is 5.02 Å². The molecule has 0 radical (unpaired) electrons. The minimum Gasteiger partial charge on any atom is -0.479 e. The van der Waals surface area contributed by atoms with Crippen LogP contribution in [-0.2, 0) is 26.0 Å². The van der Waals surface area contributed by atoms with Crippen molar-refractivity contribution in [3.05, 3.63) is 52.5 Å². The summed E-state index contributed by atoms with van der Waals surface area (Å²) < 4.78 is 33.3. The Morgan fingerprint density at radius 2 is 1.81 bits per heavy atom. The molecule has 0 saturated carbocycles. The maximum Gasteiger partial charge on any atom is 0.265 e. The standard InChI is InChI=1S/C22H24ClN3O5S/c1-14-3-5-16(6-4-14)11-21(27)25-7-9-26(10-8-25)32(29,30)20-13-19-18(12-17(20)23)24-22(28)15(2)31-19/h3-6,12-13,15H,7-11H2,1-2H3,(H,24,28)/t15-/m0/s1. The minimum absolute atomic E-state index is 0.0000742. The maximum absolute atomic E-state index is 13.2. The topological polar surface area (TPSA) is 96.0 Å². The third-order valence-corrected chi connectivity index (χ3v) is 8.01. The number of amides is 2. The molecule has 0 unspecified atom stereocenters. The van der Waals surface area contributed by atoms with Crippen molar-refractivity contribution in [1.82, 2.24) is 9.21 Å². The van der Waals surface area contributed by atoms with Crippen LogP contribution in [0.1, 0.15) is 18.1 Å². The number of benzene rings is 2. The van der Waals surface area contributed by atoms with Gasteiger partial charge in [-0.25, -0.2) is 8.42 Å². The first-order valence-corrected chi connectivity index (χ1v) is 12.1. The van der Waals surface area contributed by atoms with Crippen LogP contribution in [0.4, 0.5) is 5.69 Å². The molecule has 0 spiro atoms. The highest BCUT2D eigenvalue weighted by Gasteiger charge is 2.34. The second kappa shape index (κ2) is 8.73. The van der Waals surface area contributed by atoms with E-state index in [2.05, 4.69) is 5.32 Å². The summed E-state index contributed by atoms with van der Waals surface area (Å²) in [6, 6.07) is 10.5. The molecule has 2 aliphatic heterocycles. The largest absolute Gasteiger partial charge is 0.479 e. The number of ether oxygens (including phenoxy) is 1. The van der Waals surface area contributed by atoms with Crippen LogP contribution < -0.4 is 10.1 Å². The Kier molecular flexibility index (Phi) is 6.15. The molecule has 32 heavy (non-hydrogen) atoms. The number of hydrogen-bond donors (Lipinski definition) is 1. The molecule has 4 rings (SSSR count). The molecule has 2 aliphatic rings. The second-order valence-corrected chi connectivity index (χ2v) is 10.3. The van der Waals surface area contributed by atoms with Gasteiger partial charge in [0.25, 0.3) is 5.91 Å². The Morgan fingerprint density at radius 1 is 1.16 bits per heavy atom. The van der Waals surface area contributed by atoms with Crippen molar-refractivity contribution in [2.24, 2.45) is 0 Å². The van der Waals surface area contributed by atoms with E-state index < -0.39 is 16.1 Å². The van der Waals surface area contributed by atoms with Crippen LogP contribution in [-0.4, -0.2) is 61.7 Å². The highest BCUT2D eigenvalue weighted by atomic mass is 35.5. The normalized spacial score (nSPS) is 19.2. The molecule has 1 fully saturated rings. The van der Waals surface area contributed by atoms with Gasteiger partial charge in [0.15, 0.2) is 6.10 Å². The molecule has 0 bridgehead atoms. The van der Waals surface area contributed by atoms with E-state index in [0.717, 1.165) is 11.1 Å². The number of nitrogens with zero attached hydrogens (tertiary/aromatic N) is 2. The Balaban J connectivity index is 1.45. The van der Waals surface area contributed by atoms with E-state index in [1.807, 2.05) is 31.2 Å². The monoisotopic (exact) mass is 477 g/mol. The highest BCUT2D eigenvalue weighted by Crippen LogP contribution is 2.38. The van der Waals surface area contributed by atoms with Crippen molar-refractivity contribution >= 4 is 39.1 Å². The van der Waals surface area contributed by atoms with Crippen LogP contribution in [0, 0.1) is 6.92 Å². The predicted molar refractivity (Wildman–Crippen MR) is 120 cm³/mol. The maximum atomic E-state index is 13.2. The molecule has 10 heteroatoms. The Hall–Kier alpha value is -2.62. The van der Waals surface area contributed by atoms with Gasteiger partial charge in [0, 0.05) is 32.2 Å². The summed E-state index contributed by atoms with van der Waals surface area (Å²) in [6.07, 6.45) is -0.451. The van der Waals surface area contributed by atoms with Gasteiger partial charge in [0.2, 0.25) is 15.9 Å². The predicted octanol–water partition coefficient (Wildman–Crippen LogP) is 2.44. The minimum atomic E-state index is -3.90. The van der Waals surface area contributed by atoms with Crippen molar-refractivity contribution in [2.75, 3.05) is 31.5 Å². The molecule has 170 valence electrons. The fraction of sp³-hybridized carbons (Fsp3) is 0.364. The Morgan fingerprint density at radius 3 is 2.47 bits per heavy atom. The van der Waals surface area contributed by atoms with Gasteiger partial charge in [-0.15, -0.1) is 0 Å². The summed E-state index contributed by atoms with van der Waals surface area (Å²) in [7, 11) is -3.90. The first-order valence-electron chi connectivity index (χ1n) is 10.3. The van der Waals surface area contributed by atoms with Gasteiger partial charge < -0.3 is 15.0 Å². The van der Waals surface area contributed by atoms with Gasteiger partial charge in [-0.3, -0.25) is 9.59 Å². The zero-order valence-electron chi connectivity index (χ0n) is 17.8. The van der Waals surface area contributed by atoms with Gasteiger partial charge in [0.05, 0.1) is 17.1 Å². The van der Waals surface area contributed by atoms with Crippen LogP contribution in [0.5, 0.6) is 5.75 Å². The summed E-state index contributed by atoms with van der Waals surface area (Å²) >= 11 is 6.25. The molecular formula is C22H24ClN3O5S. The lowest BCUT2D eigenvalue weighted by atomic mass is 10.1. The van der Waals surface area contributed by atoms with Crippen molar-refractivity contribution in [3.63, 3.8) is 0 Å². The van der Waals surface area contributed by atoms with Gasteiger partial charge >= 0.3 is 0 Å². The molecule has 0 aliphatic carbocycles. The number of carbonyl (C=O) groups is 2. The lowest BCUT2D eigenvalue weighted by molar-refractivity contribution is -0.131. The molecule has 2 aromatic rings. The fourth-order valence-electron chi connectivity index (χ4n) is 3.72. The Labute approximate surface area is 192 Å². The number of fused-ring (bicyclic) bond motifs is 1. The summed E-state index contributed by atoms with van der Waals surface area (Å²) in [4.78, 5) is 26.0. The average Bonchev–Trinajstić information content (AvgIpc) is 2.76. The smallest absolute Gasteiger partial charge is 0.265 e. The number of rotatable bonds is 4. The van der Waals surface area contributed by atoms with Crippen LogP contribution in [0.3, 0.4) is 0 Å². The lowest BCUT2D eigenvalue weighted by Crippen LogP contribution is -2.50. The van der Waals surface area contributed by atoms with E-state index in [4.69, 9.17) is 16.3 Å². The molecule has 0 aromatic heterocycles. The summed E-state index contributed by atoms with van der Waals surface area (Å²) in [5.41, 5.74) is 2.39. The number of hydrogen-bond acceptors (Lipinski definition) is 5. The number of piperazine rings is 1. The van der Waals surface area contributed by atoms with E-state index in [-0.39, 0.29) is 47.0 Å². The third-order valence-electron chi connectivity index (χ3n) is 5.65. The first-order chi connectivity index (χ1) is 15.1. The van der Waals surface area contributed by atoms with Crippen LogP contribution in [0.25, 0.3) is 0 Å². The first kappa shape index (κ1) is 22.6. The van der Waals surface area contributed by atoms with Crippen LogP contribution in [0.15, 0.2) is 41.3 Å². The van der Waals surface area contributed by atoms with Gasteiger partial charge in [0.1, 0.15) is 10.6 Å². The SMILES string of the molecule is Cc1ccc(CC(=O)N2CCN(S(=O)(=O)c3cc4c(cc3Cl)NC(=O)[C@H](C)O4)CC2)cc1. The van der Waals surface area contributed by atoms with Crippen molar-refractivity contribution < 1.29 is 22.7 Å². The van der Waals surface area contributed by atoms with Gasteiger partial charge in [-0.1, -0.05) is 41.4 Å². The zero-order chi connectivity index (χ0) is 23.0. The molecular weight excluding hydrogens is 454 g/mol. The molecule has 1 atom stereocenters. The number of halogens is 1. The van der Waals surface area contributed by atoms with Gasteiger partial charge in [-0.2, -0.15) is 4.31 Å². The lowest BCUT2D eigenvalue weighted by Gasteiger charge is -2.34. The third kappa shape index (κ3) is 4.46. The van der Waals surface area contributed by atoms with Gasteiger partial charge in [-0.05, 0) is 25.5 Å². The van der Waals surface area contributed by atoms with Crippen molar-refractivity contribution in [2.45, 2.75) is 31.3 Å². The molecule has 2 amide bonds. The number of carbonyl (C=O) groups excluding carboxylic acids is 2. The quantitative estimate of drug-likeness (QED) is 0.729. The molecule has 1 N–H and O–H groups in total. The second-order valence-electron chi connectivity index (χ2n) is 7.98. The molecule has 2 heterocycles. The summed E-state index contributed by atoms with van der Waals surface area (Å²) in [6.45, 7) is 4.51.